The molecule has 2 N–H and O–H groups in total. The van der Waals surface area contributed by atoms with E-state index in [9.17, 15) is 0 Å². The Balaban J connectivity index is 1.97. The van der Waals surface area contributed by atoms with E-state index in [0.717, 1.165) is 22.3 Å². The van der Waals surface area contributed by atoms with E-state index in [1.165, 1.54) is 0 Å². The molecule has 20 heavy (non-hydrogen) atoms. The van der Waals surface area contributed by atoms with Gasteiger partial charge < -0.3 is 19.8 Å². The van der Waals surface area contributed by atoms with Crippen LogP contribution in [0.25, 0.3) is 10.9 Å². The summed E-state index contributed by atoms with van der Waals surface area (Å²) in [5, 5.41) is 4.52. The maximum Gasteiger partial charge on any atom is 0.184 e. The zero-order valence-corrected chi connectivity index (χ0v) is 11.4. The van der Waals surface area contributed by atoms with Gasteiger partial charge in [-0.1, -0.05) is 6.07 Å². The van der Waals surface area contributed by atoms with Gasteiger partial charge in [0, 0.05) is 22.8 Å². The molecule has 0 unspecified atom stereocenters. The highest BCUT2D eigenvalue weighted by molar-refractivity contribution is 5.84. The number of anilines is 2. The summed E-state index contributed by atoms with van der Waals surface area (Å²) in [6.07, 6.45) is 1.93. The van der Waals surface area contributed by atoms with Crippen LogP contribution in [0.4, 0.5) is 11.4 Å². The van der Waals surface area contributed by atoms with Crippen molar-refractivity contribution in [1.82, 2.24) is 4.98 Å². The first-order chi connectivity index (χ1) is 9.81. The summed E-state index contributed by atoms with van der Waals surface area (Å²) in [5.74, 6) is 1.41. The molecule has 4 heteroatoms. The van der Waals surface area contributed by atoms with Gasteiger partial charge in [-0.25, -0.2) is 0 Å². The van der Waals surface area contributed by atoms with E-state index >= 15 is 0 Å². The maximum absolute atomic E-state index is 5.42. The molecule has 3 rings (SSSR count). The summed E-state index contributed by atoms with van der Waals surface area (Å²) >= 11 is 0. The van der Waals surface area contributed by atoms with Crippen molar-refractivity contribution in [2.24, 2.45) is 0 Å². The first kappa shape index (κ1) is 12.4. The Morgan fingerprint density at radius 1 is 1.00 bits per heavy atom. The number of hydrogen-bond acceptors (Lipinski definition) is 3. The molecule has 0 aliphatic heterocycles. The summed E-state index contributed by atoms with van der Waals surface area (Å²) in [7, 11) is 3.27. The number of aromatic amines is 1. The number of benzene rings is 2. The molecule has 1 heterocycles. The summed E-state index contributed by atoms with van der Waals surface area (Å²) in [6.45, 7) is 0. The van der Waals surface area contributed by atoms with E-state index in [0.29, 0.717) is 11.5 Å². The van der Waals surface area contributed by atoms with Gasteiger partial charge in [-0.3, -0.25) is 0 Å². The van der Waals surface area contributed by atoms with Crippen LogP contribution in [0.1, 0.15) is 0 Å². The molecule has 0 radical (unpaired) electrons. The highest BCUT2D eigenvalue weighted by atomic mass is 16.5. The van der Waals surface area contributed by atoms with Gasteiger partial charge in [0.15, 0.2) is 11.5 Å². The first-order valence-electron chi connectivity index (χ1n) is 6.37. The van der Waals surface area contributed by atoms with Crippen LogP contribution in [0.3, 0.4) is 0 Å². The minimum atomic E-state index is 0.698. The van der Waals surface area contributed by atoms with E-state index in [1.807, 2.05) is 42.6 Å². The molecule has 0 amide bonds. The molecule has 0 fully saturated rings. The number of fused-ring (bicyclic) bond motifs is 1. The highest BCUT2D eigenvalue weighted by Crippen LogP contribution is 2.36. The van der Waals surface area contributed by atoms with Crippen LogP contribution in [0.5, 0.6) is 11.5 Å². The lowest BCUT2D eigenvalue weighted by Gasteiger charge is -2.14. The van der Waals surface area contributed by atoms with Crippen molar-refractivity contribution in [3.05, 3.63) is 48.7 Å². The highest BCUT2D eigenvalue weighted by Gasteiger charge is 2.09. The molecule has 102 valence electrons. The zero-order valence-electron chi connectivity index (χ0n) is 11.4. The van der Waals surface area contributed by atoms with E-state index < -0.39 is 0 Å². The monoisotopic (exact) mass is 268 g/mol. The lowest BCUT2D eigenvalue weighted by atomic mass is 10.2. The Morgan fingerprint density at radius 2 is 1.90 bits per heavy atom. The minimum absolute atomic E-state index is 0.698. The summed E-state index contributed by atoms with van der Waals surface area (Å²) in [6, 6.07) is 14.0. The quantitative estimate of drug-likeness (QED) is 0.753. The standard InChI is InChI=1S/C16H16N2O2/c1-19-15-5-3-4-14(16(15)20-2)18-12-6-7-13-11(10-12)8-9-17-13/h3-10,17-18H,1-2H3. The largest absolute Gasteiger partial charge is 0.493 e. The topological polar surface area (TPSA) is 46.3 Å². The van der Waals surface area contributed by atoms with Gasteiger partial charge in [-0.2, -0.15) is 0 Å². The lowest BCUT2D eigenvalue weighted by Crippen LogP contribution is -1.97. The van der Waals surface area contributed by atoms with Crippen LogP contribution in [0.2, 0.25) is 0 Å². The number of rotatable bonds is 4. The fourth-order valence-electron chi connectivity index (χ4n) is 2.27. The van der Waals surface area contributed by atoms with E-state index in [1.54, 1.807) is 14.2 Å². The van der Waals surface area contributed by atoms with Crippen molar-refractivity contribution in [1.29, 1.82) is 0 Å². The molecule has 2 aromatic carbocycles. The Labute approximate surface area is 117 Å². The van der Waals surface area contributed by atoms with Crippen LogP contribution in [0, 0.1) is 0 Å². The predicted molar refractivity (Wildman–Crippen MR) is 81.1 cm³/mol. The number of para-hydroxylation sites is 1. The Morgan fingerprint density at radius 3 is 2.70 bits per heavy atom. The van der Waals surface area contributed by atoms with Crippen molar-refractivity contribution in [2.75, 3.05) is 19.5 Å². The number of hydrogen-bond donors (Lipinski definition) is 2. The van der Waals surface area contributed by atoms with E-state index in [-0.39, 0.29) is 0 Å². The third-order valence-electron chi connectivity index (χ3n) is 3.24. The molecule has 0 spiro atoms. The lowest BCUT2D eigenvalue weighted by molar-refractivity contribution is 0.356. The fraction of sp³-hybridized carbons (Fsp3) is 0.125. The Kier molecular flexibility index (Phi) is 3.21. The van der Waals surface area contributed by atoms with E-state index in [4.69, 9.17) is 9.47 Å². The molecule has 0 atom stereocenters. The van der Waals surface area contributed by atoms with Gasteiger partial charge in [0.25, 0.3) is 0 Å². The van der Waals surface area contributed by atoms with Crippen molar-refractivity contribution in [2.45, 2.75) is 0 Å². The molecule has 3 aromatic rings. The number of methoxy groups -OCH3 is 2. The Hall–Kier alpha value is -2.62. The van der Waals surface area contributed by atoms with Crippen molar-refractivity contribution >= 4 is 22.3 Å². The van der Waals surface area contributed by atoms with Crippen LogP contribution in [0.15, 0.2) is 48.7 Å². The molecule has 0 aliphatic carbocycles. The number of nitrogens with one attached hydrogen (secondary N) is 2. The van der Waals surface area contributed by atoms with Crippen LogP contribution >= 0.6 is 0 Å². The van der Waals surface area contributed by atoms with Gasteiger partial charge in [0.05, 0.1) is 19.9 Å². The minimum Gasteiger partial charge on any atom is -0.493 e. The van der Waals surface area contributed by atoms with Gasteiger partial charge in [0.1, 0.15) is 0 Å². The van der Waals surface area contributed by atoms with Crippen molar-refractivity contribution in [3.63, 3.8) is 0 Å². The fourth-order valence-corrected chi connectivity index (χ4v) is 2.27. The molecular weight excluding hydrogens is 252 g/mol. The average molecular weight is 268 g/mol. The third-order valence-corrected chi connectivity index (χ3v) is 3.24. The third kappa shape index (κ3) is 2.16. The number of aromatic nitrogens is 1. The maximum atomic E-state index is 5.42. The molecule has 4 nitrogen and oxygen atoms in total. The number of ether oxygens (including phenoxy) is 2. The van der Waals surface area contributed by atoms with Gasteiger partial charge in [-0.15, -0.1) is 0 Å². The van der Waals surface area contributed by atoms with Gasteiger partial charge in [0.2, 0.25) is 0 Å². The van der Waals surface area contributed by atoms with Crippen molar-refractivity contribution < 1.29 is 9.47 Å². The Bertz CT molecular complexity index is 734. The van der Waals surface area contributed by atoms with Crippen LogP contribution in [-0.4, -0.2) is 19.2 Å². The second-order valence-electron chi connectivity index (χ2n) is 4.45. The molecule has 0 saturated heterocycles. The first-order valence-corrected chi connectivity index (χ1v) is 6.37. The van der Waals surface area contributed by atoms with Gasteiger partial charge in [-0.05, 0) is 36.4 Å². The summed E-state index contributed by atoms with van der Waals surface area (Å²) < 4.78 is 10.7. The smallest absolute Gasteiger partial charge is 0.184 e. The van der Waals surface area contributed by atoms with Crippen molar-refractivity contribution in [3.8, 4) is 11.5 Å². The van der Waals surface area contributed by atoms with Gasteiger partial charge >= 0.3 is 0 Å². The van der Waals surface area contributed by atoms with Crippen LogP contribution in [-0.2, 0) is 0 Å². The van der Waals surface area contributed by atoms with Crippen LogP contribution < -0.4 is 14.8 Å². The molecular formula is C16H16N2O2. The molecule has 0 bridgehead atoms. The predicted octanol–water partition coefficient (Wildman–Crippen LogP) is 3.93. The second kappa shape index (κ2) is 5.17. The summed E-state index contributed by atoms with van der Waals surface area (Å²) in [5.41, 5.74) is 3.00. The zero-order chi connectivity index (χ0) is 13.9. The molecule has 0 aliphatic rings. The average Bonchev–Trinajstić information content (AvgIpc) is 2.94. The van der Waals surface area contributed by atoms with E-state index in [2.05, 4.69) is 16.4 Å². The molecule has 0 saturated carbocycles. The second-order valence-corrected chi connectivity index (χ2v) is 4.45. The summed E-state index contributed by atoms with van der Waals surface area (Å²) in [4.78, 5) is 3.18. The SMILES string of the molecule is COc1cccc(Nc2ccc3[nH]ccc3c2)c1OC. The number of H-pyrrole nitrogens is 1. The molecule has 1 aromatic heterocycles. The normalized spacial score (nSPS) is 10.5.